The quantitative estimate of drug-likeness (QED) is 0.803. The Morgan fingerprint density at radius 1 is 1.32 bits per heavy atom. The molecule has 19 heavy (non-hydrogen) atoms. The molecule has 1 fully saturated rings. The van der Waals surface area contributed by atoms with Gasteiger partial charge < -0.3 is 4.79 Å². The molecule has 4 nitrogen and oxygen atoms in total. The molecule has 1 aliphatic rings. The first-order chi connectivity index (χ1) is 8.95. The molecule has 0 bridgehead atoms. The molecule has 2 rings (SSSR count). The molecule has 1 aromatic carbocycles. The summed E-state index contributed by atoms with van der Waals surface area (Å²) in [7, 11) is -3.72. The third kappa shape index (κ3) is 2.96. The predicted molar refractivity (Wildman–Crippen MR) is 69.0 cm³/mol. The van der Waals surface area contributed by atoms with Gasteiger partial charge in [0.05, 0.1) is 5.02 Å². The van der Waals surface area contributed by atoms with Crippen molar-refractivity contribution in [2.24, 2.45) is 5.92 Å². The van der Waals surface area contributed by atoms with Crippen LogP contribution in [0.5, 0.6) is 0 Å². The van der Waals surface area contributed by atoms with Crippen molar-refractivity contribution >= 4 is 27.9 Å². The number of carbonyl (C=O) groups is 1. The van der Waals surface area contributed by atoms with Crippen molar-refractivity contribution in [3.8, 4) is 0 Å². The first-order valence-corrected chi connectivity index (χ1v) is 7.67. The van der Waals surface area contributed by atoms with E-state index in [9.17, 15) is 17.6 Å². The van der Waals surface area contributed by atoms with Gasteiger partial charge in [-0.25, -0.2) is 12.8 Å². The van der Waals surface area contributed by atoms with Crippen molar-refractivity contribution in [3.63, 3.8) is 0 Å². The van der Waals surface area contributed by atoms with Gasteiger partial charge in [-0.1, -0.05) is 11.6 Å². The number of hydrogen-bond donors (Lipinski definition) is 0. The second-order valence-electron chi connectivity index (χ2n) is 4.45. The number of aldehydes is 1. The molecule has 0 unspecified atom stereocenters. The van der Waals surface area contributed by atoms with Gasteiger partial charge in [-0.15, -0.1) is 0 Å². The molecule has 1 saturated heterocycles. The summed E-state index contributed by atoms with van der Waals surface area (Å²) in [6.07, 6.45) is 1.86. The second kappa shape index (κ2) is 5.56. The van der Waals surface area contributed by atoms with E-state index in [2.05, 4.69) is 0 Å². The Kier molecular flexibility index (Phi) is 4.23. The number of benzene rings is 1. The van der Waals surface area contributed by atoms with Gasteiger partial charge in [-0.05, 0) is 31.0 Å². The molecular weight excluding hydrogens is 293 g/mol. The molecule has 0 spiro atoms. The van der Waals surface area contributed by atoms with E-state index in [1.807, 2.05) is 0 Å². The fraction of sp³-hybridized carbons (Fsp3) is 0.417. The predicted octanol–water partition coefficient (Wildman–Crippen LogP) is 2.08. The highest BCUT2D eigenvalue weighted by Crippen LogP contribution is 2.28. The van der Waals surface area contributed by atoms with Gasteiger partial charge in [0.1, 0.15) is 17.0 Å². The van der Waals surface area contributed by atoms with Crippen LogP contribution in [-0.2, 0) is 14.8 Å². The van der Waals surface area contributed by atoms with Crippen LogP contribution in [0.15, 0.2) is 23.1 Å². The lowest BCUT2D eigenvalue weighted by atomic mass is 10.0. The van der Waals surface area contributed by atoms with Crippen molar-refractivity contribution in [1.82, 2.24) is 4.31 Å². The molecule has 0 radical (unpaired) electrons. The molecule has 1 aromatic rings. The Morgan fingerprint density at radius 3 is 2.47 bits per heavy atom. The molecular formula is C12H13ClFNO3S. The lowest BCUT2D eigenvalue weighted by molar-refractivity contribution is -0.112. The molecule has 104 valence electrons. The Bertz CT molecular complexity index is 583. The Labute approximate surface area is 116 Å². The molecule has 0 N–H and O–H groups in total. The Hall–Kier alpha value is -0.980. The van der Waals surface area contributed by atoms with Gasteiger partial charge in [0.2, 0.25) is 10.0 Å². The summed E-state index contributed by atoms with van der Waals surface area (Å²) in [5.74, 6) is -0.668. The van der Waals surface area contributed by atoms with E-state index in [1.54, 1.807) is 0 Å². The fourth-order valence-electron chi connectivity index (χ4n) is 2.08. The number of halogens is 2. The van der Waals surface area contributed by atoms with Gasteiger partial charge in [-0.2, -0.15) is 4.31 Å². The number of nitrogens with zero attached hydrogens (tertiary/aromatic N) is 1. The van der Waals surface area contributed by atoms with Crippen LogP contribution in [0.3, 0.4) is 0 Å². The van der Waals surface area contributed by atoms with Crippen LogP contribution in [0.4, 0.5) is 4.39 Å². The van der Waals surface area contributed by atoms with E-state index in [0.29, 0.717) is 12.8 Å². The van der Waals surface area contributed by atoms with Gasteiger partial charge in [0.15, 0.2) is 0 Å². The number of carbonyl (C=O) groups excluding carboxylic acids is 1. The summed E-state index contributed by atoms with van der Waals surface area (Å²) < 4.78 is 38.9. The number of rotatable bonds is 3. The van der Waals surface area contributed by atoms with E-state index >= 15 is 0 Å². The van der Waals surface area contributed by atoms with Crippen LogP contribution in [0, 0.1) is 11.7 Å². The standard InChI is InChI=1S/C12H13ClFNO3S/c13-11-7-10(14)1-2-12(11)19(17,18)15-5-3-9(8-16)4-6-15/h1-2,7-9H,3-6H2. The highest BCUT2D eigenvalue weighted by Gasteiger charge is 2.30. The van der Waals surface area contributed by atoms with E-state index < -0.39 is 15.8 Å². The lowest BCUT2D eigenvalue weighted by Gasteiger charge is -2.29. The van der Waals surface area contributed by atoms with Crippen LogP contribution in [-0.4, -0.2) is 32.1 Å². The summed E-state index contributed by atoms with van der Waals surface area (Å²) in [6, 6.07) is 3.21. The summed E-state index contributed by atoms with van der Waals surface area (Å²) in [4.78, 5) is 10.5. The minimum Gasteiger partial charge on any atom is -0.303 e. The molecule has 0 amide bonds. The van der Waals surface area contributed by atoms with Gasteiger partial charge in [-0.3, -0.25) is 0 Å². The molecule has 0 atom stereocenters. The maximum atomic E-state index is 12.9. The molecule has 1 aliphatic heterocycles. The largest absolute Gasteiger partial charge is 0.303 e. The van der Waals surface area contributed by atoms with E-state index in [0.717, 1.165) is 18.4 Å². The highest BCUT2D eigenvalue weighted by atomic mass is 35.5. The molecule has 7 heteroatoms. The third-order valence-corrected chi connectivity index (χ3v) is 5.58. The van der Waals surface area contributed by atoms with Crippen LogP contribution in [0.2, 0.25) is 5.02 Å². The van der Waals surface area contributed by atoms with Crippen molar-refractivity contribution in [3.05, 3.63) is 29.0 Å². The van der Waals surface area contributed by atoms with Gasteiger partial charge in [0, 0.05) is 19.0 Å². The first kappa shape index (κ1) is 14.4. The second-order valence-corrected chi connectivity index (χ2v) is 6.77. The normalized spacial score (nSPS) is 18.4. The maximum absolute atomic E-state index is 12.9. The number of sulfonamides is 1. The zero-order chi connectivity index (χ0) is 14.0. The molecule has 0 saturated carbocycles. The van der Waals surface area contributed by atoms with Crippen molar-refractivity contribution < 1.29 is 17.6 Å². The van der Waals surface area contributed by atoms with Crippen LogP contribution in [0.1, 0.15) is 12.8 Å². The van der Waals surface area contributed by atoms with E-state index in [4.69, 9.17) is 11.6 Å². The minimum absolute atomic E-state index is 0.0878. The Morgan fingerprint density at radius 2 is 1.95 bits per heavy atom. The van der Waals surface area contributed by atoms with Crippen LogP contribution >= 0.6 is 11.6 Å². The van der Waals surface area contributed by atoms with Crippen molar-refractivity contribution in [1.29, 1.82) is 0 Å². The summed E-state index contributed by atoms with van der Waals surface area (Å²) in [5.41, 5.74) is 0. The highest BCUT2D eigenvalue weighted by molar-refractivity contribution is 7.89. The summed E-state index contributed by atoms with van der Waals surface area (Å²) >= 11 is 5.79. The van der Waals surface area contributed by atoms with Crippen molar-refractivity contribution in [2.45, 2.75) is 17.7 Å². The molecule has 0 aliphatic carbocycles. The maximum Gasteiger partial charge on any atom is 0.244 e. The minimum atomic E-state index is -3.72. The smallest absolute Gasteiger partial charge is 0.244 e. The van der Waals surface area contributed by atoms with Gasteiger partial charge >= 0.3 is 0 Å². The molecule has 0 aromatic heterocycles. The Balaban J connectivity index is 2.25. The SMILES string of the molecule is O=CC1CCN(S(=O)(=O)c2ccc(F)cc2Cl)CC1. The zero-order valence-corrected chi connectivity index (χ0v) is 11.6. The first-order valence-electron chi connectivity index (χ1n) is 5.85. The monoisotopic (exact) mass is 305 g/mol. The average Bonchev–Trinajstić information content (AvgIpc) is 2.38. The third-order valence-electron chi connectivity index (χ3n) is 3.20. The van der Waals surface area contributed by atoms with E-state index in [1.165, 1.54) is 10.4 Å². The summed E-state index contributed by atoms with van der Waals surface area (Å²) in [5, 5.41) is -0.127. The van der Waals surface area contributed by atoms with Crippen LogP contribution < -0.4 is 0 Å². The number of piperidine rings is 1. The van der Waals surface area contributed by atoms with Gasteiger partial charge in [0.25, 0.3) is 0 Å². The average molecular weight is 306 g/mol. The fourth-order valence-corrected chi connectivity index (χ4v) is 4.05. The zero-order valence-electron chi connectivity index (χ0n) is 10.1. The number of hydrogen-bond acceptors (Lipinski definition) is 3. The van der Waals surface area contributed by atoms with E-state index in [-0.39, 0.29) is 28.9 Å². The lowest BCUT2D eigenvalue weighted by Crippen LogP contribution is -2.38. The summed E-state index contributed by atoms with van der Waals surface area (Å²) in [6.45, 7) is 0.554. The topological polar surface area (TPSA) is 54.5 Å². The van der Waals surface area contributed by atoms with Crippen molar-refractivity contribution in [2.75, 3.05) is 13.1 Å². The van der Waals surface area contributed by atoms with Crippen LogP contribution in [0.25, 0.3) is 0 Å². The molecule has 1 heterocycles.